The molecule has 0 aliphatic rings. The highest BCUT2D eigenvalue weighted by Gasteiger charge is 2.13. The molecule has 0 spiro atoms. The van der Waals surface area contributed by atoms with Crippen LogP contribution in [0.5, 0.6) is 0 Å². The first kappa shape index (κ1) is 16.6. The second kappa shape index (κ2) is 8.62. The van der Waals surface area contributed by atoms with E-state index in [-0.39, 0.29) is 0 Å². The smallest absolute Gasteiger partial charge is 0.0328 e. The van der Waals surface area contributed by atoms with E-state index in [0.29, 0.717) is 6.04 Å². The van der Waals surface area contributed by atoms with E-state index >= 15 is 0 Å². The molecule has 0 fully saturated rings. The third-order valence-electron chi connectivity index (χ3n) is 3.40. The third-order valence-corrected chi connectivity index (χ3v) is 5.52. The summed E-state index contributed by atoms with van der Waals surface area (Å²) in [5.41, 5.74) is 1.40. The summed E-state index contributed by atoms with van der Waals surface area (Å²) in [6.07, 6.45) is 2.27. The van der Waals surface area contributed by atoms with Gasteiger partial charge in [-0.25, -0.2) is 0 Å². The molecule has 1 atom stereocenters. The molecule has 1 N–H and O–H groups in total. The van der Waals surface area contributed by atoms with E-state index in [0.717, 1.165) is 23.9 Å². The van der Waals surface area contributed by atoms with Crippen LogP contribution >= 0.6 is 27.7 Å². The minimum absolute atomic E-state index is 0.427. The van der Waals surface area contributed by atoms with Crippen LogP contribution in [0.3, 0.4) is 0 Å². The Labute approximate surface area is 140 Å². The molecule has 0 aliphatic carbocycles. The van der Waals surface area contributed by atoms with Gasteiger partial charge in [0, 0.05) is 20.3 Å². The highest BCUT2D eigenvalue weighted by molar-refractivity contribution is 9.10. The van der Waals surface area contributed by atoms with Crippen LogP contribution in [-0.2, 0) is 0 Å². The maximum atomic E-state index is 3.65. The van der Waals surface area contributed by atoms with Gasteiger partial charge in [0.25, 0.3) is 0 Å². The molecule has 112 valence electrons. The lowest BCUT2D eigenvalue weighted by Gasteiger charge is -2.20. The first-order valence-corrected chi connectivity index (χ1v) is 9.11. The Bertz CT molecular complexity index is 571. The molecule has 2 aromatic carbocycles. The zero-order valence-corrected chi connectivity index (χ0v) is 15.0. The van der Waals surface area contributed by atoms with E-state index in [9.17, 15) is 0 Å². The van der Waals surface area contributed by atoms with Crippen molar-refractivity contribution in [1.29, 1.82) is 0 Å². The fourth-order valence-corrected chi connectivity index (χ4v) is 3.85. The van der Waals surface area contributed by atoms with E-state index in [1.54, 1.807) is 0 Å². The molecule has 0 amide bonds. The summed E-state index contributed by atoms with van der Waals surface area (Å²) in [4.78, 5) is 2.59. The Morgan fingerprint density at radius 3 is 2.33 bits per heavy atom. The Hall–Kier alpha value is -0.770. The van der Waals surface area contributed by atoms with Gasteiger partial charge < -0.3 is 5.32 Å². The van der Waals surface area contributed by atoms with Gasteiger partial charge in [0.15, 0.2) is 0 Å². The van der Waals surface area contributed by atoms with Gasteiger partial charge in [0.2, 0.25) is 0 Å². The van der Waals surface area contributed by atoms with Crippen molar-refractivity contribution in [3.05, 3.63) is 58.6 Å². The maximum Gasteiger partial charge on any atom is 0.0328 e. The van der Waals surface area contributed by atoms with Crippen LogP contribution in [0.25, 0.3) is 0 Å². The van der Waals surface area contributed by atoms with Crippen LogP contribution < -0.4 is 5.32 Å². The van der Waals surface area contributed by atoms with Gasteiger partial charge >= 0.3 is 0 Å². The molecular formula is C18H22BrNS. The van der Waals surface area contributed by atoms with Gasteiger partial charge in [0.05, 0.1) is 0 Å². The summed E-state index contributed by atoms with van der Waals surface area (Å²) in [5, 5.41) is 3.65. The predicted octanol–water partition coefficient (Wildman–Crippen LogP) is 6.05. The van der Waals surface area contributed by atoms with Crippen molar-refractivity contribution >= 4 is 27.7 Å². The average Bonchev–Trinajstić information content (AvgIpc) is 2.52. The number of hydrogen-bond donors (Lipinski definition) is 1. The Kier molecular flexibility index (Phi) is 6.81. The van der Waals surface area contributed by atoms with Gasteiger partial charge in [-0.05, 0) is 59.1 Å². The minimum Gasteiger partial charge on any atom is -0.310 e. The Morgan fingerprint density at radius 2 is 1.67 bits per heavy atom. The van der Waals surface area contributed by atoms with Crippen molar-refractivity contribution in [3.8, 4) is 0 Å². The third kappa shape index (κ3) is 4.60. The molecule has 0 saturated heterocycles. The molecule has 1 unspecified atom stereocenters. The largest absolute Gasteiger partial charge is 0.310 e. The Morgan fingerprint density at radius 1 is 1.00 bits per heavy atom. The van der Waals surface area contributed by atoms with Crippen LogP contribution in [0.2, 0.25) is 0 Å². The average molecular weight is 364 g/mol. The van der Waals surface area contributed by atoms with E-state index < -0.39 is 0 Å². The molecule has 0 radical (unpaired) electrons. The van der Waals surface area contributed by atoms with Gasteiger partial charge in [-0.3, -0.25) is 0 Å². The van der Waals surface area contributed by atoms with Crippen LogP contribution in [0.4, 0.5) is 0 Å². The van der Waals surface area contributed by atoms with Crippen LogP contribution in [0, 0.1) is 0 Å². The van der Waals surface area contributed by atoms with Gasteiger partial charge in [-0.15, -0.1) is 0 Å². The molecule has 0 heterocycles. The zero-order chi connectivity index (χ0) is 15.1. The predicted molar refractivity (Wildman–Crippen MR) is 96.0 cm³/mol. The lowest BCUT2D eigenvalue weighted by atomic mass is 10.0. The fourth-order valence-electron chi connectivity index (χ4n) is 2.30. The molecule has 0 bridgehead atoms. The number of rotatable bonds is 7. The van der Waals surface area contributed by atoms with Crippen molar-refractivity contribution in [2.75, 3.05) is 6.54 Å². The monoisotopic (exact) mass is 363 g/mol. The second-order valence-electron chi connectivity index (χ2n) is 4.99. The molecule has 21 heavy (non-hydrogen) atoms. The summed E-state index contributed by atoms with van der Waals surface area (Å²) in [6.45, 7) is 5.52. The quantitative estimate of drug-likeness (QED) is 0.642. The van der Waals surface area contributed by atoms with E-state index in [1.807, 2.05) is 11.8 Å². The molecular weight excluding hydrogens is 342 g/mol. The molecule has 3 heteroatoms. The highest BCUT2D eigenvalue weighted by Crippen LogP contribution is 2.37. The van der Waals surface area contributed by atoms with Crippen molar-refractivity contribution in [2.45, 2.75) is 42.5 Å². The van der Waals surface area contributed by atoms with Crippen molar-refractivity contribution in [3.63, 3.8) is 0 Å². The van der Waals surface area contributed by atoms with Crippen molar-refractivity contribution in [2.24, 2.45) is 0 Å². The fraction of sp³-hybridized carbons (Fsp3) is 0.333. The van der Waals surface area contributed by atoms with E-state index in [4.69, 9.17) is 0 Å². The summed E-state index contributed by atoms with van der Waals surface area (Å²) in [6, 6.07) is 17.5. The maximum absolute atomic E-state index is 3.65. The standard InChI is InChI=1S/C18H22BrNS/c1-3-13-20-16(4-2)14-9-5-7-11-17(14)21-18-12-8-6-10-15(18)19/h5-12,16,20H,3-4,13H2,1-2H3. The summed E-state index contributed by atoms with van der Waals surface area (Å²) < 4.78 is 1.15. The van der Waals surface area contributed by atoms with Gasteiger partial charge in [0.1, 0.15) is 0 Å². The summed E-state index contributed by atoms with van der Waals surface area (Å²) >= 11 is 5.47. The zero-order valence-electron chi connectivity index (χ0n) is 12.6. The molecule has 0 aliphatic heterocycles. The Balaban J connectivity index is 2.26. The molecule has 2 aromatic rings. The van der Waals surface area contributed by atoms with Crippen LogP contribution in [0.1, 0.15) is 38.3 Å². The van der Waals surface area contributed by atoms with Gasteiger partial charge in [-0.1, -0.05) is 55.9 Å². The molecule has 0 saturated carbocycles. The summed E-state index contributed by atoms with van der Waals surface area (Å²) in [7, 11) is 0. The van der Waals surface area contributed by atoms with E-state index in [1.165, 1.54) is 15.4 Å². The van der Waals surface area contributed by atoms with Crippen molar-refractivity contribution < 1.29 is 0 Å². The van der Waals surface area contributed by atoms with E-state index in [2.05, 4.69) is 83.6 Å². The SMILES string of the molecule is CCCNC(CC)c1ccccc1Sc1ccccc1Br. The number of nitrogens with one attached hydrogen (secondary N) is 1. The lowest BCUT2D eigenvalue weighted by molar-refractivity contribution is 0.512. The van der Waals surface area contributed by atoms with Crippen LogP contribution in [0.15, 0.2) is 62.8 Å². The minimum atomic E-state index is 0.427. The molecule has 1 nitrogen and oxygen atoms in total. The topological polar surface area (TPSA) is 12.0 Å². The molecule has 2 rings (SSSR count). The van der Waals surface area contributed by atoms with Crippen molar-refractivity contribution in [1.82, 2.24) is 5.32 Å². The molecule has 0 aromatic heterocycles. The lowest BCUT2D eigenvalue weighted by Crippen LogP contribution is -2.21. The first-order valence-electron chi connectivity index (χ1n) is 7.51. The van der Waals surface area contributed by atoms with Crippen LogP contribution in [-0.4, -0.2) is 6.54 Å². The summed E-state index contributed by atoms with van der Waals surface area (Å²) in [5.74, 6) is 0. The first-order chi connectivity index (χ1) is 10.3. The van der Waals surface area contributed by atoms with Gasteiger partial charge in [-0.2, -0.15) is 0 Å². The normalized spacial score (nSPS) is 12.3. The number of hydrogen-bond acceptors (Lipinski definition) is 2. The highest BCUT2D eigenvalue weighted by atomic mass is 79.9. The number of benzene rings is 2. The number of halogens is 1. The second-order valence-corrected chi connectivity index (χ2v) is 6.92.